The SMILES string of the molecule is O=C(C[C@@H]1C[C@@H]2c3cc(NS(=O)(=O)c4ccc(F)cc4)ccc3O[C@@H]2[C@H](CO)O1)NCc1ccc(Oc2ccccc2)cc1. The molecule has 2 heterocycles. The number of hydrogen-bond acceptors (Lipinski definition) is 7. The Balaban J connectivity index is 1.08. The Morgan fingerprint density at radius 2 is 1.68 bits per heavy atom. The molecule has 228 valence electrons. The molecule has 0 bridgehead atoms. The number of rotatable bonds is 10. The monoisotopic (exact) mass is 618 g/mol. The molecular formula is C33H31FN2O7S. The van der Waals surface area contributed by atoms with Crippen molar-refractivity contribution in [3.05, 3.63) is 114 Å². The number of nitrogens with one attached hydrogen (secondary N) is 2. The van der Waals surface area contributed by atoms with Gasteiger partial charge in [-0.1, -0.05) is 30.3 Å². The summed E-state index contributed by atoms with van der Waals surface area (Å²) in [5.41, 5.74) is 1.99. The van der Waals surface area contributed by atoms with Gasteiger partial charge < -0.3 is 24.6 Å². The number of amides is 1. The molecule has 0 saturated carbocycles. The molecule has 9 nitrogen and oxygen atoms in total. The van der Waals surface area contributed by atoms with Crippen LogP contribution in [0, 0.1) is 5.82 Å². The lowest BCUT2D eigenvalue weighted by Gasteiger charge is -2.37. The van der Waals surface area contributed by atoms with Gasteiger partial charge in [0.15, 0.2) is 0 Å². The first-order valence-electron chi connectivity index (χ1n) is 14.2. The zero-order chi connectivity index (χ0) is 30.7. The summed E-state index contributed by atoms with van der Waals surface area (Å²) in [6, 6.07) is 26.4. The summed E-state index contributed by atoms with van der Waals surface area (Å²) in [6.07, 6.45) is -1.09. The summed E-state index contributed by atoms with van der Waals surface area (Å²) < 4.78 is 59.5. The topological polar surface area (TPSA) is 123 Å². The number of para-hydroxylation sites is 1. The van der Waals surface area contributed by atoms with Crippen LogP contribution in [0.25, 0.3) is 0 Å². The molecule has 11 heteroatoms. The second-order valence-electron chi connectivity index (χ2n) is 10.8. The van der Waals surface area contributed by atoms with Crippen LogP contribution in [-0.2, 0) is 26.1 Å². The number of hydrogen-bond donors (Lipinski definition) is 3. The van der Waals surface area contributed by atoms with Crippen molar-refractivity contribution in [2.24, 2.45) is 0 Å². The molecule has 0 radical (unpaired) electrons. The minimum atomic E-state index is -3.95. The third-order valence-electron chi connectivity index (χ3n) is 7.68. The Hall–Kier alpha value is -4.45. The van der Waals surface area contributed by atoms with Crippen LogP contribution in [-0.4, -0.2) is 44.4 Å². The summed E-state index contributed by atoms with van der Waals surface area (Å²) in [4.78, 5) is 12.8. The Morgan fingerprint density at radius 1 is 0.955 bits per heavy atom. The molecule has 4 aromatic rings. The lowest BCUT2D eigenvalue weighted by atomic mass is 9.84. The molecule has 1 fully saturated rings. The molecule has 4 atom stereocenters. The highest BCUT2D eigenvalue weighted by Gasteiger charge is 2.46. The number of fused-ring (bicyclic) bond motifs is 3. The number of halogens is 1. The minimum absolute atomic E-state index is 0.0672. The maximum atomic E-state index is 13.3. The summed E-state index contributed by atoms with van der Waals surface area (Å²) >= 11 is 0. The summed E-state index contributed by atoms with van der Waals surface area (Å²) in [5, 5.41) is 13.0. The van der Waals surface area contributed by atoms with Crippen LogP contribution >= 0.6 is 0 Å². The fourth-order valence-electron chi connectivity index (χ4n) is 5.56. The Kier molecular flexibility index (Phi) is 8.51. The van der Waals surface area contributed by atoms with Gasteiger partial charge in [-0.15, -0.1) is 0 Å². The highest BCUT2D eigenvalue weighted by Crippen LogP contribution is 2.47. The van der Waals surface area contributed by atoms with Gasteiger partial charge in [0.05, 0.1) is 24.0 Å². The summed E-state index contributed by atoms with van der Waals surface area (Å²) in [5.74, 6) is 1.04. The van der Waals surface area contributed by atoms with E-state index in [0.29, 0.717) is 30.2 Å². The molecule has 6 rings (SSSR count). The summed E-state index contributed by atoms with van der Waals surface area (Å²) in [6.45, 7) is 0.0326. The van der Waals surface area contributed by atoms with E-state index in [1.807, 2.05) is 54.6 Å². The van der Waals surface area contributed by atoms with Crippen molar-refractivity contribution in [2.45, 2.75) is 48.5 Å². The molecule has 44 heavy (non-hydrogen) atoms. The first kappa shape index (κ1) is 29.6. The van der Waals surface area contributed by atoms with Crippen molar-refractivity contribution in [1.82, 2.24) is 5.32 Å². The van der Waals surface area contributed by atoms with Crippen LogP contribution < -0.4 is 19.5 Å². The van der Waals surface area contributed by atoms with E-state index in [1.165, 1.54) is 12.1 Å². The van der Waals surface area contributed by atoms with Crippen molar-refractivity contribution in [3.8, 4) is 17.2 Å². The van der Waals surface area contributed by atoms with Crippen molar-refractivity contribution in [2.75, 3.05) is 11.3 Å². The predicted molar refractivity (Wildman–Crippen MR) is 161 cm³/mol. The third kappa shape index (κ3) is 6.70. The van der Waals surface area contributed by atoms with Crippen LogP contribution in [0.4, 0.5) is 10.1 Å². The number of carbonyl (C=O) groups is 1. The second kappa shape index (κ2) is 12.7. The number of aliphatic hydroxyl groups excluding tert-OH is 1. The van der Waals surface area contributed by atoms with E-state index < -0.39 is 34.2 Å². The molecule has 4 aromatic carbocycles. The predicted octanol–water partition coefficient (Wildman–Crippen LogP) is 5.12. The van der Waals surface area contributed by atoms with Gasteiger partial charge in [0.2, 0.25) is 5.91 Å². The molecule has 1 saturated heterocycles. The number of carbonyl (C=O) groups excluding carboxylic acids is 1. The van der Waals surface area contributed by atoms with Gasteiger partial charge in [-0.05, 0) is 78.7 Å². The van der Waals surface area contributed by atoms with E-state index in [9.17, 15) is 22.7 Å². The number of ether oxygens (including phenoxy) is 3. The van der Waals surface area contributed by atoms with Crippen LogP contribution in [0.15, 0.2) is 102 Å². The van der Waals surface area contributed by atoms with Crippen molar-refractivity contribution >= 4 is 21.6 Å². The van der Waals surface area contributed by atoms with E-state index in [4.69, 9.17) is 14.2 Å². The zero-order valence-corrected chi connectivity index (χ0v) is 24.4. The van der Waals surface area contributed by atoms with E-state index >= 15 is 0 Å². The number of sulfonamides is 1. The average molecular weight is 619 g/mol. The number of benzene rings is 4. The molecule has 1 amide bonds. The maximum Gasteiger partial charge on any atom is 0.261 e. The van der Waals surface area contributed by atoms with Crippen LogP contribution in [0.5, 0.6) is 17.2 Å². The fourth-order valence-corrected chi connectivity index (χ4v) is 6.61. The minimum Gasteiger partial charge on any atom is -0.487 e. The van der Waals surface area contributed by atoms with E-state index in [2.05, 4.69) is 10.0 Å². The first-order valence-corrected chi connectivity index (χ1v) is 15.7. The Labute approximate surface area is 254 Å². The van der Waals surface area contributed by atoms with E-state index in [0.717, 1.165) is 29.0 Å². The van der Waals surface area contributed by atoms with Gasteiger partial charge in [0, 0.05) is 23.7 Å². The van der Waals surface area contributed by atoms with E-state index in [-0.39, 0.29) is 29.7 Å². The lowest BCUT2D eigenvalue weighted by Crippen LogP contribution is -2.47. The molecule has 0 aliphatic carbocycles. The molecule has 3 N–H and O–H groups in total. The zero-order valence-electron chi connectivity index (χ0n) is 23.6. The second-order valence-corrected chi connectivity index (χ2v) is 12.4. The average Bonchev–Trinajstić information content (AvgIpc) is 3.39. The van der Waals surface area contributed by atoms with Crippen molar-refractivity contribution < 1.29 is 36.9 Å². The number of anilines is 1. The highest BCUT2D eigenvalue weighted by molar-refractivity contribution is 7.92. The first-order chi connectivity index (χ1) is 21.3. The fraction of sp³-hybridized carbons (Fsp3) is 0.242. The van der Waals surface area contributed by atoms with Gasteiger partial charge in [-0.3, -0.25) is 9.52 Å². The molecule has 0 aromatic heterocycles. The molecule has 2 aliphatic heterocycles. The Bertz CT molecular complexity index is 1720. The largest absolute Gasteiger partial charge is 0.487 e. The third-order valence-corrected chi connectivity index (χ3v) is 9.08. The summed E-state index contributed by atoms with van der Waals surface area (Å²) in [7, 11) is -3.95. The quantitative estimate of drug-likeness (QED) is 0.226. The normalized spacial score (nSPS) is 20.6. The number of aliphatic hydroxyl groups is 1. The van der Waals surface area contributed by atoms with Gasteiger partial charge in [-0.2, -0.15) is 0 Å². The molecule has 0 unspecified atom stereocenters. The molecular weight excluding hydrogens is 587 g/mol. The van der Waals surface area contributed by atoms with E-state index in [1.54, 1.807) is 18.2 Å². The van der Waals surface area contributed by atoms with Gasteiger partial charge >= 0.3 is 0 Å². The van der Waals surface area contributed by atoms with Gasteiger partial charge in [0.25, 0.3) is 10.0 Å². The van der Waals surface area contributed by atoms with Crippen molar-refractivity contribution in [3.63, 3.8) is 0 Å². The molecule has 0 spiro atoms. The van der Waals surface area contributed by atoms with Crippen LogP contribution in [0.2, 0.25) is 0 Å². The van der Waals surface area contributed by atoms with Crippen LogP contribution in [0.1, 0.15) is 29.9 Å². The van der Waals surface area contributed by atoms with Gasteiger partial charge in [-0.25, -0.2) is 12.8 Å². The van der Waals surface area contributed by atoms with Crippen molar-refractivity contribution in [1.29, 1.82) is 0 Å². The smallest absolute Gasteiger partial charge is 0.261 e. The molecule has 2 aliphatic rings. The van der Waals surface area contributed by atoms with Crippen LogP contribution in [0.3, 0.4) is 0 Å². The highest BCUT2D eigenvalue weighted by atomic mass is 32.2. The maximum absolute atomic E-state index is 13.3. The van der Waals surface area contributed by atoms with Gasteiger partial charge in [0.1, 0.15) is 35.3 Å². The standard InChI is InChI=1S/C33H31FN2O7S/c34-22-8-13-27(14-9-22)44(39,40)36-23-10-15-30-28(16-23)29-17-26(42-31(20-37)33(29)43-30)18-32(38)35-19-21-6-11-25(12-7-21)41-24-4-2-1-3-5-24/h1-16,26,29,31,33,36-37H,17-20H2,(H,35,38)/t26-,29+,31-,33-/m0/s1. The lowest BCUT2D eigenvalue weighted by molar-refractivity contribution is -0.142. The Morgan fingerprint density at radius 3 is 2.41 bits per heavy atom.